The number of carbonyl (C=O) groups is 3. The number of Topliss-reactive ketones (excluding diaryl/α,β-unsaturated/α-hetero) is 1. The number of nitrogens with one attached hydrogen (secondary N) is 2. The van der Waals surface area contributed by atoms with Crippen molar-refractivity contribution in [3.05, 3.63) is 0 Å². The largest absolute Gasteiger partial charge is 0.394 e. The molecule has 0 atom stereocenters. The predicted octanol–water partition coefficient (Wildman–Crippen LogP) is -4.18. The fraction of sp³-hybridized carbons (Fsp3) is 0.769. The van der Waals surface area contributed by atoms with Gasteiger partial charge in [-0.15, -0.1) is 0 Å². The summed E-state index contributed by atoms with van der Waals surface area (Å²) in [5, 5.41) is 40.3. The Balaban J connectivity index is 4.59. The molecule has 0 aromatic carbocycles. The van der Waals surface area contributed by atoms with E-state index in [1.807, 2.05) is 0 Å². The summed E-state index contributed by atoms with van der Waals surface area (Å²) in [6.07, 6.45) is 0. The van der Waals surface area contributed by atoms with E-state index in [0.717, 1.165) is 0 Å². The topological polar surface area (TPSA) is 159 Å². The first-order valence-corrected chi connectivity index (χ1v) is 7.10. The number of amides is 2. The molecule has 0 heterocycles. The number of aliphatic hydroxyl groups is 4. The quantitative estimate of drug-likeness (QED) is 0.209. The molecular weight excluding hydrogens is 310 g/mol. The monoisotopic (exact) mass is 335 g/mol. The molecule has 23 heavy (non-hydrogen) atoms. The van der Waals surface area contributed by atoms with Gasteiger partial charge in [0.2, 0.25) is 11.8 Å². The lowest BCUT2D eigenvalue weighted by Gasteiger charge is -2.22. The molecule has 134 valence electrons. The summed E-state index contributed by atoms with van der Waals surface area (Å²) in [5.41, 5.74) is 0. The molecule has 0 saturated carbocycles. The summed E-state index contributed by atoms with van der Waals surface area (Å²) in [7, 11) is 0. The first-order chi connectivity index (χ1) is 10.9. The average molecular weight is 335 g/mol. The Labute approximate surface area is 134 Å². The SMILES string of the molecule is CC(=O)CN(CC(=O)NC(CO)CO)CC(=O)NC(CO)CO. The van der Waals surface area contributed by atoms with Crippen molar-refractivity contribution in [1.82, 2.24) is 15.5 Å². The first kappa shape index (κ1) is 21.4. The maximum Gasteiger partial charge on any atom is 0.234 e. The van der Waals surface area contributed by atoms with Gasteiger partial charge in [0.1, 0.15) is 5.78 Å². The molecule has 2 amide bonds. The van der Waals surface area contributed by atoms with Crippen LogP contribution in [0.4, 0.5) is 0 Å². The fourth-order valence-electron chi connectivity index (χ4n) is 1.73. The third kappa shape index (κ3) is 9.92. The molecule has 0 aliphatic carbocycles. The van der Waals surface area contributed by atoms with Crippen LogP contribution in [0.3, 0.4) is 0 Å². The lowest BCUT2D eigenvalue weighted by molar-refractivity contribution is -0.127. The van der Waals surface area contributed by atoms with E-state index in [4.69, 9.17) is 20.4 Å². The Morgan fingerprint density at radius 1 is 0.783 bits per heavy atom. The van der Waals surface area contributed by atoms with Crippen molar-refractivity contribution in [2.45, 2.75) is 19.0 Å². The van der Waals surface area contributed by atoms with Crippen LogP contribution in [0.2, 0.25) is 0 Å². The molecule has 0 bridgehead atoms. The van der Waals surface area contributed by atoms with E-state index in [2.05, 4.69) is 10.6 Å². The molecule has 0 saturated heterocycles. The van der Waals surface area contributed by atoms with Gasteiger partial charge < -0.3 is 31.1 Å². The minimum atomic E-state index is -0.816. The second-order valence-corrected chi connectivity index (χ2v) is 5.11. The average Bonchev–Trinajstić information content (AvgIpc) is 2.49. The Kier molecular flexibility index (Phi) is 11.1. The predicted molar refractivity (Wildman–Crippen MR) is 79.3 cm³/mol. The van der Waals surface area contributed by atoms with Crippen molar-refractivity contribution in [2.75, 3.05) is 46.1 Å². The van der Waals surface area contributed by atoms with Gasteiger partial charge in [-0.05, 0) is 6.92 Å². The molecule has 0 rings (SSSR count). The van der Waals surface area contributed by atoms with E-state index < -0.39 is 50.3 Å². The molecule has 10 heteroatoms. The van der Waals surface area contributed by atoms with Crippen LogP contribution in [0.1, 0.15) is 6.92 Å². The maximum atomic E-state index is 11.8. The summed E-state index contributed by atoms with van der Waals surface area (Å²) < 4.78 is 0. The van der Waals surface area contributed by atoms with Crippen LogP contribution in [0.15, 0.2) is 0 Å². The zero-order valence-electron chi connectivity index (χ0n) is 13.1. The molecule has 10 nitrogen and oxygen atoms in total. The van der Waals surface area contributed by atoms with Gasteiger partial charge in [0, 0.05) is 0 Å². The number of hydrogen-bond donors (Lipinski definition) is 6. The molecule has 0 fully saturated rings. The van der Waals surface area contributed by atoms with Crippen LogP contribution in [0.25, 0.3) is 0 Å². The summed E-state index contributed by atoms with van der Waals surface area (Å²) >= 11 is 0. The minimum absolute atomic E-state index is 0.146. The number of carbonyl (C=O) groups excluding carboxylic acids is 3. The molecular formula is C13H25N3O7. The summed E-state index contributed by atoms with van der Waals surface area (Å²) in [5.74, 6) is -1.38. The second-order valence-electron chi connectivity index (χ2n) is 5.11. The van der Waals surface area contributed by atoms with Crippen LogP contribution in [-0.2, 0) is 14.4 Å². The minimum Gasteiger partial charge on any atom is -0.394 e. The van der Waals surface area contributed by atoms with Crippen LogP contribution in [-0.4, -0.2) is 101 Å². The highest BCUT2D eigenvalue weighted by atomic mass is 16.3. The van der Waals surface area contributed by atoms with Crippen molar-refractivity contribution in [2.24, 2.45) is 0 Å². The smallest absolute Gasteiger partial charge is 0.234 e. The molecule has 0 unspecified atom stereocenters. The Bertz CT molecular complexity index is 356. The number of nitrogens with zero attached hydrogens (tertiary/aromatic N) is 1. The number of ketones is 1. The number of rotatable bonds is 12. The van der Waals surface area contributed by atoms with Crippen molar-refractivity contribution >= 4 is 17.6 Å². The van der Waals surface area contributed by atoms with Gasteiger partial charge in [0.05, 0.1) is 58.1 Å². The zero-order valence-corrected chi connectivity index (χ0v) is 13.1. The van der Waals surface area contributed by atoms with Crippen LogP contribution < -0.4 is 10.6 Å². The molecule has 0 aliphatic rings. The second kappa shape index (κ2) is 11.9. The molecule has 0 aromatic heterocycles. The fourth-order valence-corrected chi connectivity index (χ4v) is 1.73. The van der Waals surface area contributed by atoms with Gasteiger partial charge >= 0.3 is 0 Å². The van der Waals surface area contributed by atoms with E-state index >= 15 is 0 Å². The summed E-state index contributed by atoms with van der Waals surface area (Å²) in [4.78, 5) is 36.1. The van der Waals surface area contributed by atoms with E-state index in [1.165, 1.54) is 11.8 Å². The van der Waals surface area contributed by atoms with Crippen molar-refractivity contribution in [3.8, 4) is 0 Å². The van der Waals surface area contributed by atoms with E-state index in [-0.39, 0.29) is 25.4 Å². The van der Waals surface area contributed by atoms with Gasteiger partial charge in [-0.1, -0.05) is 0 Å². The molecule has 0 aliphatic heterocycles. The van der Waals surface area contributed by atoms with Gasteiger partial charge in [-0.3, -0.25) is 19.3 Å². The van der Waals surface area contributed by atoms with Gasteiger partial charge in [0.25, 0.3) is 0 Å². The lowest BCUT2D eigenvalue weighted by atomic mass is 10.3. The maximum absolute atomic E-state index is 11.8. The van der Waals surface area contributed by atoms with E-state index in [0.29, 0.717) is 0 Å². The van der Waals surface area contributed by atoms with Crippen molar-refractivity contribution in [3.63, 3.8) is 0 Å². The standard InChI is InChI=1S/C13H25N3O7/c1-9(21)2-16(3-12(22)14-10(5-17)6-18)4-13(23)15-11(7-19)8-20/h10-11,17-20H,2-8H2,1H3,(H,14,22)(H,15,23). The Hall–Kier alpha value is -1.59. The lowest BCUT2D eigenvalue weighted by Crippen LogP contribution is -2.50. The third-order valence-electron chi connectivity index (χ3n) is 2.79. The number of aliphatic hydroxyl groups excluding tert-OH is 4. The molecule has 0 aromatic rings. The molecule has 6 N–H and O–H groups in total. The van der Waals surface area contributed by atoms with Gasteiger partial charge in [-0.2, -0.15) is 0 Å². The zero-order chi connectivity index (χ0) is 17.8. The van der Waals surface area contributed by atoms with Crippen LogP contribution >= 0.6 is 0 Å². The third-order valence-corrected chi connectivity index (χ3v) is 2.79. The molecule has 0 spiro atoms. The van der Waals surface area contributed by atoms with E-state index in [9.17, 15) is 14.4 Å². The highest BCUT2D eigenvalue weighted by Crippen LogP contribution is 1.92. The molecule has 0 radical (unpaired) electrons. The van der Waals surface area contributed by atoms with Crippen molar-refractivity contribution in [1.29, 1.82) is 0 Å². The van der Waals surface area contributed by atoms with Gasteiger partial charge in [-0.25, -0.2) is 0 Å². The normalized spacial score (nSPS) is 11.1. The van der Waals surface area contributed by atoms with Crippen LogP contribution in [0.5, 0.6) is 0 Å². The van der Waals surface area contributed by atoms with E-state index in [1.54, 1.807) is 0 Å². The van der Waals surface area contributed by atoms with Crippen LogP contribution in [0, 0.1) is 0 Å². The summed E-state index contributed by atoms with van der Waals surface area (Å²) in [6.45, 7) is -1.18. The Morgan fingerprint density at radius 2 is 1.13 bits per heavy atom. The van der Waals surface area contributed by atoms with Gasteiger partial charge in [0.15, 0.2) is 0 Å². The van der Waals surface area contributed by atoms with Crippen molar-refractivity contribution < 1.29 is 34.8 Å². The Morgan fingerprint density at radius 3 is 1.39 bits per heavy atom. The highest BCUT2D eigenvalue weighted by Gasteiger charge is 2.19. The highest BCUT2D eigenvalue weighted by molar-refractivity contribution is 5.84. The first-order valence-electron chi connectivity index (χ1n) is 7.10. The summed E-state index contributed by atoms with van der Waals surface area (Å²) in [6, 6.07) is -1.63. The number of hydrogen-bond acceptors (Lipinski definition) is 8.